The normalized spacial score (nSPS) is 10.2. The van der Waals surface area contributed by atoms with E-state index >= 15 is 0 Å². The van der Waals surface area contributed by atoms with Crippen LogP contribution in [-0.2, 0) is 7.05 Å². The average Bonchev–Trinajstić information content (AvgIpc) is 2.90. The van der Waals surface area contributed by atoms with Crippen molar-refractivity contribution in [2.75, 3.05) is 7.11 Å². The van der Waals surface area contributed by atoms with Crippen LogP contribution in [0.15, 0.2) is 30.5 Å². The Balaban J connectivity index is 2.07. The van der Waals surface area contributed by atoms with Gasteiger partial charge < -0.3 is 9.30 Å². The molecule has 0 saturated heterocycles. The van der Waals surface area contributed by atoms with E-state index in [1.165, 1.54) is 19.2 Å². The van der Waals surface area contributed by atoms with E-state index in [2.05, 4.69) is 10.9 Å². The molecule has 8 heteroatoms. The van der Waals surface area contributed by atoms with Gasteiger partial charge >= 0.3 is 0 Å². The highest BCUT2D eigenvalue weighted by molar-refractivity contribution is 6.37. The predicted molar refractivity (Wildman–Crippen MR) is 83.4 cm³/mol. The van der Waals surface area contributed by atoms with Gasteiger partial charge in [-0.05, 0) is 24.3 Å². The third-order valence-electron chi connectivity index (χ3n) is 2.93. The fourth-order valence-electron chi connectivity index (χ4n) is 1.83. The third kappa shape index (κ3) is 3.35. The SMILES string of the molecule is COc1c(Cl)cc(C(=O)NNC(=O)c2cccn2C)cc1Cl. The standard InChI is InChI=1S/C14H13Cl2N3O3/c1-19-5-3-4-11(19)14(21)18-17-13(20)8-6-9(15)12(22-2)10(16)7-8/h3-7H,1-2H3,(H,17,20)(H,18,21). The Kier molecular flexibility index (Phi) is 4.95. The Morgan fingerprint density at radius 2 is 1.73 bits per heavy atom. The maximum atomic E-state index is 12.0. The molecule has 2 aromatic rings. The number of nitrogens with zero attached hydrogens (tertiary/aromatic N) is 1. The van der Waals surface area contributed by atoms with Gasteiger partial charge in [0.05, 0.1) is 17.2 Å². The molecular weight excluding hydrogens is 329 g/mol. The van der Waals surface area contributed by atoms with Gasteiger partial charge in [-0.25, -0.2) is 0 Å². The van der Waals surface area contributed by atoms with Crippen LogP contribution in [0.2, 0.25) is 10.0 Å². The highest BCUT2D eigenvalue weighted by Crippen LogP contribution is 2.33. The highest BCUT2D eigenvalue weighted by Gasteiger charge is 2.15. The fraction of sp³-hybridized carbons (Fsp3) is 0.143. The number of rotatable bonds is 3. The number of aryl methyl sites for hydroxylation is 1. The van der Waals surface area contributed by atoms with Crippen molar-refractivity contribution in [3.8, 4) is 5.75 Å². The molecule has 1 aromatic heterocycles. The number of halogens is 2. The Morgan fingerprint density at radius 3 is 2.23 bits per heavy atom. The van der Waals surface area contributed by atoms with Crippen molar-refractivity contribution in [2.45, 2.75) is 0 Å². The summed E-state index contributed by atoms with van der Waals surface area (Å²) in [6.07, 6.45) is 1.72. The predicted octanol–water partition coefficient (Wildman–Crippen LogP) is 2.42. The lowest BCUT2D eigenvalue weighted by atomic mass is 10.2. The van der Waals surface area contributed by atoms with Crippen molar-refractivity contribution in [2.24, 2.45) is 7.05 Å². The lowest BCUT2D eigenvalue weighted by molar-refractivity contribution is 0.0842. The number of ether oxygens (including phenoxy) is 1. The summed E-state index contributed by atoms with van der Waals surface area (Å²) >= 11 is 11.9. The molecule has 22 heavy (non-hydrogen) atoms. The van der Waals surface area contributed by atoms with E-state index < -0.39 is 11.8 Å². The number of nitrogens with one attached hydrogen (secondary N) is 2. The lowest BCUT2D eigenvalue weighted by Gasteiger charge is -2.10. The third-order valence-corrected chi connectivity index (χ3v) is 3.49. The van der Waals surface area contributed by atoms with E-state index in [9.17, 15) is 9.59 Å². The molecule has 0 bridgehead atoms. The van der Waals surface area contributed by atoms with Gasteiger partial charge in [0.15, 0.2) is 5.75 Å². The minimum Gasteiger partial charge on any atom is -0.494 e. The second-order valence-electron chi connectivity index (χ2n) is 4.39. The van der Waals surface area contributed by atoms with Crippen molar-refractivity contribution in [1.29, 1.82) is 0 Å². The highest BCUT2D eigenvalue weighted by atomic mass is 35.5. The van der Waals surface area contributed by atoms with Crippen LogP contribution in [0.4, 0.5) is 0 Å². The number of carbonyl (C=O) groups excluding carboxylic acids is 2. The molecule has 0 atom stereocenters. The largest absolute Gasteiger partial charge is 0.494 e. The number of carbonyl (C=O) groups is 2. The number of benzene rings is 1. The summed E-state index contributed by atoms with van der Waals surface area (Å²) in [6.45, 7) is 0. The molecule has 116 valence electrons. The van der Waals surface area contributed by atoms with Gasteiger partial charge in [-0.15, -0.1) is 0 Å². The molecule has 1 heterocycles. The van der Waals surface area contributed by atoms with E-state index in [1.54, 1.807) is 29.9 Å². The smallest absolute Gasteiger partial charge is 0.286 e. The zero-order chi connectivity index (χ0) is 16.3. The molecule has 0 aliphatic carbocycles. The molecule has 6 nitrogen and oxygen atoms in total. The first kappa shape index (κ1) is 16.2. The molecule has 0 fully saturated rings. The average molecular weight is 342 g/mol. The summed E-state index contributed by atoms with van der Waals surface area (Å²) < 4.78 is 6.63. The van der Waals surface area contributed by atoms with Crippen LogP contribution in [0.3, 0.4) is 0 Å². The van der Waals surface area contributed by atoms with Crippen molar-refractivity contribution < 1.29 is 14.3 Å². The summed E-state index contributed by atoms with van der Waals surface area (Å²) in [6, 6.07) is 6.15. The molecule has 0 unspecified atom stereocenters. The van der Waals surface area contributed by atoms with Crippen LogP contribution in [0.25, 0.3) is 0 Å². The molecule has 0 aliphatic rings. The van der Waals surface area contributed by atoms with E-state index in [-0.39, 0.29) is 21.4 Å². The van der Waals surface area contributed by atoms with Gasteiger partial charge in [0.2, 0.25) is 0 Å². The van der Waals surface area contributed by atoms with Crippen molar-refractivity contribution in [1.82, 2.24) is 15.4 Å². The van der Waals surface area contributed by atoms with Crippen molar-refractivity contribution in [3.05, 3.63) is 51.8 Å². The zero-order valence-electron chi connectivity index (χ0n) is 11.8. The van der Waals surface area contributed by atoms with E-state index in [0.717, 1.165) is 0 Å². The number of amides is 2. The minimum atomic E-state index is -0.547. The van der Waals surface area contributed by atoms with Crippen LogP contribution in [0.1, 0.15) is 20.8 Å². The maximum absolute atomic E-state index is 12.0. The molecular formula is C14H13Cl2N3O3. The number of aromatic nitrogens is 1. The molecule has 2 N–H and O–H groups in total. The fourth-order valence-corrected chi connectivity index (χ4v) is 2.47. The van der Waals surface area contributed by atoms with Gasteiger partial charge in [0, 0.05) is 18.8 Å². The summed E-state index contributed by atoms with van der Waals surface area (Å²) in [5.74, 6) is -0.701. The second-order valence-corrected chi connectivity index (χ2v) is 5.20. The minimum absolute atomic E-state index is 0.197. The molecule has 2 amide bonds. The van der Waals surface area contributed by atoms with Crippen LogP contribution in [-0.4, -0.2) is 23.5 Å². The van der Waals surface area contributed by atoms with Crippen LogP contribution in [0, 0.1) is 0 Å². The molecule has 1 aromatic carbocycles. The molecule has 0 saturated carbocycles. The molecule has 0 radical (unpaired) electrons. The number of hydrazine groups is 1. The molecule has 0 spiro atoms. The number of hydrogen-bond acceptors (Lipinski definition) is 3. The number of methoxy groups -OCH3 is 1. The van der Waals surface area contributed by atoms with Crippen molar-refractivity contribution >= 4 is 35.0 Å². The summed E-state index contributed by atoms with van der Waals surface area (Å²) in [5.41, 5.74) is 5.22. The molecule has 2 rings (SSSR count). The summed E-state index contributed by atoms with van der Waals surface area (Å²) in [4.78, 5) is 23.9. The Hall–Kier alpha value is -2.18. The van der Waals surface area contributed by atoms with E-state index in [4.69, 9.17) is 27.9 Å². The maximum Gasteiger partial charge on any atom is 0.286 e. The first-order chi connectivity index (χ1) is 10.4. The van der Waals surface area contributed by atoms with Gasteiger partial charge in [-0.3, -0.25) is 20.4 Å². The van der Waals surface area contributed by atoms with E-state index in [0.29, 0.717) is 5.69 Å². The summed E-state index contributed by atoms with van der Waals surface area (Å²) in [7, 11) is 3.15. The zero-order valence-corrected chi connectivity index (χ0v) is 13.3. The van der Waals surface area contributed by atoms with Gasteiger partial charge in [-0.1, -0.05) is 23.2 Å². The Bertz CT molecular complexity index is 705. The molecule has 0 aliphatic heterocycles. The van der Waals surface area contributed by atoms with Crippen LogP contribution < -0.4 is 15.6 Å². The first-order valence-electron chi connectivity index (χ1n) is 6.19. The van der Waals surface area contributed by atoms with Gasteiger partial charge in [0.1, 0.15) is 5.69 Å². The van der Waals surface area contributed by atoms with E-state index in [1.807, 2.05) is 0 Å². The first-order valence-corrected chi connectivity index (χ1v) is 6.94. The summed E-state index contributed by atoms with van der Waals surface area (Å²) in [5, 5.41) is 0.405. The lowest BCUT2D eigenvalue weighted by Crippen LogP contribution is -2.42. The topological polar surface area (TPSA) is 72.4 Å². The Labute approximate surface area is 136 Å². The van der Waals surface area contributed by atoms with Gasteiger partial charge in [-0.2, -0.15) is 0 Å². The quantitative estimate of drug-likeness (QED) is 0.842. The number of hydrogen-bond donors (Lipinski definition) is 2. The second kappa shape index (κ2) is 6.72. The van der Waals surface area contributed by atoms with Crippen LogP contribution >= 0.6 is 23.2 Å². The van der Waals surface area contributed by atoms with Crippen LogP contribution in [0.5, 0.6) is 5.75 Å². The van der Waals surface area contributed by atoms with Crippen molar-refractivity contribution in [3.63, 3.8) is 0 Å². The monoisotopic (exact) mass is 341 g/mol. The van der Waals surface area contributed by atoms with Gasteiger partial charge in [0.25, 0.3) is 11.8 Å². The Morgan fingerprint density at radius 1 is 1.14 bits per heavy atom.